The van der Waals surface area contributed by atoms with E-state index in [1.807, 2.05) is 12.1 Å². The molecule has 2 aromatic carbocycles. The highest BCUT2D eigenvalue weighted by Crippen LogP contribution is 2.29. The average Bonchev–Trinajstić information content (AvgIpc) is 2.89. The van der Waals surface area contributed by atoms with Crippen LogP contribution in [0.15, 0.2) is 36.4 Å². The third-order valence-corrected chi connectivity index (χ3v) is 3.83. The zero-order valence-corrected chi connectivity index (χ0v) is 11.7. The van der Waals surface area contributed by atoms with Crippen molar-refractivity contribution >= 4 is 11.6 Å². The molecule has 2 aromatic rings. The second-order valence-electron chi connectivity index (χ2n) is 5.01. The van der Waals surface area contributed by atoms with Gasteiger partial charge < -0.3 is 10.5 Å². The molecule has 0 radical (unpaired) electrons. The Hall–Kier alpha value is -1.58. The van der Waals surface area contributed by atoms with Gasteiger partial charge in [0, 0.05) is 17.5 Å². The second-order valence-corrected chi connectivity index (χ2v) is 5.45. The standard InChI is InChI=1S/C16H15ClFNO/c17-13-3-1-10(14(18)9-13)8-15(19)11-2-4-16-12(7-11)5-6-20-16/h1-4,7,9,15H,5-6,8,19H2. The van der Waals surface area contributed by atoms with Crippen molar-refractivity contribution in [3.63, 3.8) is 0 Å². The van der Waals surface area contributed by atoms with E-state index < -0.39 is 0 Å². The molecule has 0 spiro atoms. The molecule has 0 amide bonds. The molecule has 1 aliphatic heterocycles. The maximum atomic E-state index is 13.8. The number of rotatable bonds is 3. The van der Waals surface area contributed by atoms with Gasteiger partial charge in [-0.15, -0.1) is 0 Å². The number of hydrogen-bond donors (Lipinski definition) is 1. The van der Waals surface area contributed by atoms with Crippen molar-refractivity contribution in [3.8, 4) is 5.75 Å². The third-order valence-electron chi connectivity index (χ3n) is 3.60. The van der Waals surface area contributed by atoms with Crippen LogP contribution in [0.2, 0.25) is 5.02 Å². The lowest BCUT2D eigenvalue weighted by molar-refractivity contribution is 0.357. The fourth-order valence-electron chi connectivity index (χ4n) is 2.48. The van der Waals surface area contributed by atoms with Crippen LogP contribution in [0.3, 0.4) is 0 Å². The van der Waals surface area contributed by atoms with Gasteiger partial charge in [-0.05, 0) is 41.3 Å². The van der Waals surface area contributed by atoms with Crippen molar-refractivity contribution in [2.24, 2.45) is 5.73 Å². The largest absolute Gasteiger partial charge is 0.493 e. The van der Waals surface area contributed by atoms with Crippen LogP contribution in [-0.4, -0.2) is 6.61 Å². The fourth-order valence-corrected chi connectivity index (χ4v) is 2.64. The molecule has 0 bridgehead atoms. The molecule has 0 saturated heterocycles. The van der Waals surface area contributed by atoms with Crippen molar-refractivity contribution < 1.29 is 9.13 Å². The molecule has 104 valence electrons. The lowest BCUT2D eigenvalue weighted by Crippen LogP contribution is -2.14. The van der Waals surface area contributed by atoms with Gasteiger partial charge in [-0.2, -0.15) is 0 Å². The molecule has 1 heterocycles. The molecular formula is C16H15ClFNO. The molecule has 2 nitrogen and oxygen atoms in total. The van der Waals surface area contributed by atoms with Crippen molar-refractivity contribution in [1.82, 2.24) is 0 Å². The van der Waals surface area contributed by atoms with E-state index in [1.165, 1.54) is 11.6 Å². The van der Waals surface area contributed by atoms with Gasteiger partial charge in [-0.3, -0.25) is 0 Å². The summed E-state index contributed by atoms with van der Waals surface area (Å²) in [6, 6.07) is 10.4. The topological polar surface area (TPSA) is 35.2 Å². The predicted molar refractivity (Wildman–Crippen MR) is 77.7 cm³/mol. The molecule has 1 unspecified atom stereocenters. The SMILES string of the molecule is NC(Cc1ccc(Cl)cc1F)c1ccc2c(c1)CCO2. The first-order valence-electron chi connectivity index (χ1n) is 6.58. The number of benzene rings is 2. The number of halogens is 2. The monoisotopic (exact) mass is 291 g/mol. The van der Waals surface area contributed by atoms with E-state index >= 15 is 0 Å². The molecule has 3 rings (SSSR count). The lowest BCUT2D eigenvalue weighted by Gasteiger charge is -2.14. The predicted octanol–water partition coefficient (Wildman–Crippen LogP) is 3.66. The summed E-state index contributed by atoms with van der Waals surface area (Å²) in [6.07, 6.45) is 1.36. The number of hydrogen-bond acceptors (Lipinski definition) is 2. The summed E-state index contributed by atoms with van der Waals surface area (Å²) in [5.74, 6) is 0.621. The fraction of sp³-hybridized carbons (Fsp3) is 0.250. The number of nitrogens with two attached hydrogens (primary N) is 1. The average molecular weight is 292 g/mol. The molecule has 0 saturated carbocycles. The Kier molecular flexibility index (Phi) is 3.64. The second kappa shape index (κ2) is 5.43. The normalized spacial score (nSPS) is 14.8. The van der Waals surface area contributed by atoms with Crippen molar-refractivity contribution in [2.75, 3.05) is 6.61 Å². The maximum absolute atomic E-state index is 13.8. The van der Waals surface area contributed by atoms with Gasteiger partial charge in [0.1, 0.15) is 11.6 Å². The molecule has 4 heteroatoms. The van der Waals surface area contributed by atoms with Crippen molar-refractivity contribution in [1.29, 1.82) is 0 Å². The van der Waals surface area contributed by atoms with Crippen LogP contribution in [0.1, 0.15) is 22.7 Å². The van der Waals surface area contributed by atoms with E-state index in [4.69, 9.17) is 22.1 Å². The summed E-state index contributed by atoms with van der Waals surface area (Å²) < 4.78 is 19.3. The summed E-state index contributed by atoms with van der Waals surface area (Å²) in [6.45, 7) is 0.722. The zero-order valence-electron chi connectivity index (χ0n) is 10.9. The summed E-state index contributed by atoms with van der Waals surface area (Å²) in [4.78, 5) is 0. The molecule has 0 fully saturated rings. The van der Waals surface area contributed by atoms with Crippen LogP contribution in [-0.2, 0) is 12.8 Å². The minimum Gasteiger partial charge on any atom is -0.493 e. The molecule has 0 aliphatic carbocycles. The molecule has 2 N–H and O–H groups in total. The van der Waals surface area contributed by atoms with Gasteiger partial charge >= 0.3 is 0 Å². The first-order chi connectivity index (χ1) is 9.63. The summed E-state index contributed by atoms with van der Waals surface area (Å²) >= 11 is 5.75. The first-order valence-corrected chi connectivity index (χ1v) is 6.96. The van der Waals surface area contributed by atoms with Crippen LogP contribution in [0.4, 0.5) is 4.39 Å². The van der Waals surface area contributed by atoms with Gasteiger partial charge in [0.05, 0.1) is 6.61 Å². The van der Waals surface area contributed by atoms with E-state index in [2.05, 4.69) is 6.07 Å². The van der Waals surface area contributed by atoms with Crippen LogP contribution in [0.5, 0.6) is 5.75 Å². The molecule has 0 aromatic heterocycles. The minimum atomic E-state index is -0.308. The quantitative estimate of drug-likeness (QED) is 0.937. The van der Waals surface area contributed by atoms with Gasteiger partial charge in [-0.1, -0.05) is 29.8 Å². The van der Waals surface area contributed by atoms with Gasteiger partial charge in [0.15, 0.2) is 0 Å². The van der Waals surface area contributed by atoms with E-state index in [9.17, 15) is 4.39 Å². The molecular weight excluding hydrogens is 277 g/mol. The third kappa shape index (κ3) is 2.65. The summed E-state index contributed by atoms with van der Waals surface area (Å²) in [5, 5.41) is 0.398. The Labute approximate surface area is 122 Å². The van der Waals surface area contributed by atoms with Crippen molar-refractivity contribution in [2.45, 2.75) is 18.9 Å². The smallest absolute Gasteiger partial charge is 0.127 e. The Morgan fingerprint density at radius 1 is 1.25 bits per heavy atom. The lowest BCUT2D eigenvalue weighted by atomic mass is 9.97. The minimum absolute atomic E-state index is 0.239. The highest BCUT2D eigenvalue weighted by molar-refractivity contribution is 6.30. The number of fused-ring (bicyclic) bond motifs is 1. The van der Waals surface area contributed by atoms with E-state index in [0.29, 0.717) is 17.0 Å². The van der Waals surface area contributed by atoms with E-state index in [1.54, 1.807) is 12.1 Å². The summed E-state index contributed by atoms with van der Waals surface area (Å²) in [7, 11) is 0. The van der Waals surface area contributed by atoms with Crippen LogP contribution < -0.4 is 10.5 Å². The van der Waals surface area contributed by atoms with Crippen molar-refractivity contribution in [3.05, 3.63) is 63.9 Å². The Morgan fingerprint density at radius 3 is 2.90 bits per heavy atom. The molecule has 1 atom stereocenters. The molecule has 1 aliphatic rings. The Morgan fingerprint density at radius 2 is 2.10 bits per heavy atom. The van der Waals surface area contributed by atoms with Crippen LogP contribution in [0, 0.1) is 5.82 Å². The maximum Gasteiger partial charge on any atom is 0.127 e. The van der Waals surface area contributed by atoms with E-state index in [0.717, 1.165) is 24.3 Å². The van der Waals surface area contributed by atoms with Gasteiger partial charge in [-0.25, -0.2) is 4.39 Å². The highest BCUT2D eigenvalue weighted by atomic mass is 35.5. The molecule has 20 heavy (non-hydrogen) atoms. The number of ether oxygens (including phenoxy) is 1. The van der Waals surface area contributed by atoms with Gasteiger partial charge in [0.25, 0.3) is 0 Å². The van der Waals surface area contributed by atoms with Gasteiger partial charge in [0.2, 0.25) is 0 Å². The zero-order chi connectivity index (χ0) is 14.1. The highest BCUT2D eigenvalue weighted by Gasteiger charge is 2.16. The van der Waals surface area contributed by atoms with Crippen LogP contribution in [0.25, 0.3) is 0 Å². The first kappa shape index (κ1) is 13.4. The van der Waals surface area contributed by atoms with Crippen LogP contribution >= 0.6 is 11.6 Å². The summed E-state index contributed by atoms with van der Waals surface area (Å²) in [5.41, 5.74) is 8.95. The van der Waals surface area contributed by atoms with E-state index in [-0.39, 0.29) is 11.9 Å². The Balaban J connectivity index is 1.80. The Bertz CT molecular complexity index is 644.